The van der Waals surface area contributed by atoms with E-state index in [-0.39, 0.29) is 16.6 Å². The van der Waals surface area contributed by atoms with Gasteiger partial charge in [0.1, 0.15) is 16.2 Å². The first-order valence-electron chi connectivity index (χ1n) is 10.5. The number of fused-ring (bicyclic) bond motifs is 1. The second-order valence-electron chi connectivity index (χ2n) is 7.92. The molecule has 1 aliphatic heterocycles. The van der Waals surface area contributed by atoms with E-state index in [2.05, 4.69) is 22.2 Å². The Morgan fingerprint density at radius 1 is 1.16 bits per heavy atom. The van der Waals surface area contributed by atoms with Gasteiger partial charge in [0.15, 0.2) is 0 Å². The average Bonchev–Trinajstić information content (AvgIpc) is 3.08. The number of anilines is 1. The molecule has 10 heteroatoms. The molecule has 2 aromatic heterocycles. The van der Waals surface area contributed by atoms with Gasteiger partial charge < -0.3 is 5.32 Å². The summed E-state index contributed by atoms with van der Waals surface area (Å²) in [6, 6.07) is 4.92. The highest BCUT2D eigenvalue weighted by Gasteiger charge is 2.26. The highest BCUT2D eigenvalue weighted by atomic mass is 32.2. The Bertz CT molecular complexity index is 1260. The zero-order chi connectivity index (χ0) is 22.9. The number of thioether (sulfide) groups is 1. The van der Waals surface area contributed by atoms with Crippen LogP contribution in [-0.2, 0) is 14.8 Å². The fourth-order valence-corrected chi connectivity index (χ4v) is 7.19. The third-order valence-corrected chi connectivity index (χ3v) is 9.71. The van der Waals surface area contributed by atoms with Crippen molar-refractivity contribution in [3.63, 3.8) is 0 Å². The number of carbonyl (C=O) groups is 1. The fraction of sp³-hybridized carbons (Fsp3) is 0.409. The van der Waals surface area contributed by atoms with Gasteiger partial charge in [0.05, 0.1) is 10.6 Å². The number of amides is 1. The molecule has 3 heterocycles. The minimum atomic E-state index is -3.56. The Morgan fingerprint density at radius 3 is 2.66 bits per heavy atom. The van der Waals surface area contributed by atoms with Crippen LogP contribution in [0.5, 0.6) is 0 Å². The maximum Gasteiger partial charge on any atom is 0.243 e. The van der Waals surface area contributed by atoms with Gasteiger partial charge in [0, 0.05) is 29.0 Å². The summed E-state index contributed by atoms with van der Waals surface area (Å²) in [5.74, 6) is -0.0369. The summed E-state index contributed by atoms with van der Waals surface area (Å²) >= 11 is 2.98. The van der Waals surface area contributed by atoms with Gasteiger partial charge in [-0.15, -0.1) is 11.3 Å². The molecule has 1 aliphatic rings. The van der Waals surface area contributed by atoms with Crippen LogP contribution in [0.2, 0.25) is 0 Å². The SMILES string of the molecule is Cc1ccc(S(=O)(=O)N2CCCCC2)cc1NC(=O)CSc1ncnc2sc(C)c(C)c12. The van der Waals surface area contributed by atoms with Gasteiger partial charge in [-0.1, -0.05) is 24.2 Å². The van der Waals surface area contributed by atoms with E-state index in [0.29, 0.717) is 18.8 Å². The lowest BCUT2D eigenvalue weighted by atomic mass is 10.2. The quantitative estimate of drug-likeness (QED) is 0.403. The largest absolute Gasteiger partial charge is 0.325 e. The highest BCUT2D eigenvalue weighted by molar-refractivity contribution is 8.00. The van der Waals surface area contributed by atoms with E-state index in [0.717, 1.165) is 45.6 Å². The highest BCUT2D eigenvalue weighted by Crippen LogP contribution is 2.34. The van der Waals surface area contributed by atoms with Gasteiger partial charge in [0.25, 0.3) is 0 Å². The zero-order valence-corrected chi connectivity index (χ0v) is 20.8. The topological polar surface area (TPSA) is 92.3 Å². The summed E-state index contributed by atoms with van der Waals surface area (Å²) in [5.41, 5.74) is 2.47. The lowest BCUT2D eigenvalue weighted by Gasteiger charge is -2.26. The van der Waals surface area contributed by atoms with Crippen molar-refractivity contribution in [3.05, 3.63) is 40.5 Å². The van der Waals surface area contributed by atoms with E-state index in [1.54, 1.807) is 29.5 Å². The Hall–Kier alpha value is -2.01. The molecule has 0 atom stereocenters. The van der Waals surface area contributed by atoms with Crippen LogP contribution in [-0.4, -0.2) is 47.4 Å². The molecular formula is C22H26N4O3S3. The number of sulfonamides is 1. The number of carbonyl (C=O) groups excluding carboxylic acids is 1. The van der Waals surface area contributed by atoms with Crippen LogP contribution in [0.15, 0.2) is 34.4 Å². The number of rotatable bonds is 6. The first kappa shape index (κ1) is 23.2. The van der Waals surface area contributed by atoms with Crippen molar-refractivity contribution in [2.24, 2.45) is 0 Å². The van der Waals surface area contributed by atoms with Crippen molar-refractivity contribution in [3.8, 4) is 0 Å². The summed E-state index contributed by atoms with van der Waals surface area (Å²) in [6.07, 6.45) is 4.34. The minimum Gasteiger partial charge on any atom is -0.325 e. The van der Waals surface area contributed by atoms with E-state index in [1.807, 2.05) is 13.8 Å². The van der Waals surface area contributed by atoms with Gasteiger partial charge in [-0.3, -0.25) is 4.79 Å². The number of hydrogen-bond donors (Lipinski definition) is 1. The molecule has 0 bridgehead atoms. The predicted octanol–water partition coefficient (Wildman–Crippen LogP) is 4.52. The third kappa shape index (κ3) is 4.68. The van der Waals surface area contributed by atoms with E-state index < -0.39 is 10.0 Å². The molecular weight excluding hydrogens is 464 g/mol. The normalized spacial score (nSPS) is 15.2. The molecule has 1 N–H and O–H groups in total. The van der Waals surface area contributed by atoms with Crippen LogP contribution >= 0.6 is 23.1 Å². The first-order valence-corrected chi connectivity index (χ1v) is 13.8. The van der Waals surface area contributed by atoms with Crippen LogP contribution in [0.4, 0.5) is 5.69 Å². The molecule has 0 aliphatic carbocycles. The number of piperidine rings is 1. The van der Waals surface area contributed by atoms with Crippen LogP contribution in [0.3, 0.4) is 0 Å². The number of aryl methyl sites for hydroxylation is 3. The van der Waals surface area contributed by atoms with E-state index >= 15 is 0 Å². The molecule has 0 saturated carbocycles. The molecule has 1 aromatic carbocycles. The molecule has 1 saturated heterocycles. The van der Waals surface area contributed by atoms with Crippen LogP contribution in [0.1, 0.15) is 35.3 Å². The summed E-state index contributed by atoms with van der Waals surface area (Å²) < 4.78 is 27.5. The number of nitrogens with zero attached hydrogens (tertiary/aromatic N) is 3. The van der Waals surface area contributed by atoms with Crippen molar-refractivity contribution in [1.82, 2.24) is 14.3 Å². The second kappa shape index (κ2) is 9.46. The fourth-order valence-electron chi connectivity index (χ4n) is 3.73. The summed E-state index contributed by atoms with van der Waals surface area (Å²) in [4.78, 5) is 23.7. The third-order valence-electron chi connectivity index (χ3n) is 5.71. The molecule has 0 spiro atoms. The second-order valence-corrected chi connectivity index (χ2v) is 12.0. The lowest BCUT2D eigenvalue weighted by Crippen LogP contribution is -2.35. The van der Waals surface area contributed by atoms with Crippen LogP contribution < -0.4 is 5.32 Å². The van der Waals surface area contributed by atoms with E-state index in [1.165, 1.54) is 27.3 Å². The molecule has 170 valence electrons. The van der Waals surface area contributed by atoms with Crippen molar-refractivity contribution < 1.29 is 13.2 Å². The molecule has 0 unspecified atom stereocenters. The minimum absolute atomic E-state index is 0.170. The van der Waals surface area contributed by atoms with Gasteiger partial charge in [0.2, 0.25) is 15.9 Å². The van der Waals surface area contributed by atoms with E-state index in [4.69, 9.17) is 0 Å². The number of aromatic nitrogens is 2. The van der Waals surface area contributed by atoms with Gasteiger partial charge >= 0.3 is 0 Å². The monoisotopic (exact) mass is 490 g/mol. The summed E-state index contributed by atoms with van der Waals surface area (Å²) in [7, 11) is -3.56. The van der Waals surface area contributed by atoms with Gasteiger partial charge in [-0.2, -0.15) is 4.31 Å². The van der Waals surface area contributed by atoms with E-state index in [9.17, 15) is 13.2 Å². The molecule has 4 rings (SSSR count). The molecule has 0 radical (unpaired) electrons. The van der Waals surface area contributed by atoms with Crippen LogP contribution in [0, 0.1) is 20.8 Å². The maximum atomic E-state index is 13.0. The Balaban J connectivity index is 1.49. The maximum absolute atomic E-state index is 13.0. The first-order chi connectivity index (χ1) is 15.3. The Labute approximate surface area is 196 Å². The van der Waals surface area contributed by atoms with Crippen molar-refractivity contribution in [2.75, 3.05) is 24.2 Å². The van der Waals surface area contributed by atoms with Crippen molar-refractivity contribution >= 4 is 54.9 Å². The standard InChI is InChI=1S/C22H26N4O3S3/c1-14-7-8-17(32(28,29)26-9-5-4-6-10-26)11-18(14)25-19(27)12-30-21-20-15(2)16(3)31-22(20)24-13-23-21/h7-8,11,13H,4-6,9-10,12H2,1-3H3,(H,25,27). The smallest absolute Gasteiger partial charge is 0.243 e. The average molecular weight is 491 g/mol. The summed E-state index contributed by atoms with van der Waals surface area (Å²) in [6.45, 7) is 7.04. The molecule has 7 nitrogen and oxygen atoms in total. The summed E-state index contributed by atoms with van der Waals surface area (Å²) in [5, 5.41) is 4.66. The van der Waals surface area contributed by atoms with Crippen molar-refractivity contribution in [1.29, 1.82) is 0 Å². The van der Waals surface area contributed by atoms with Crippen molar-refractivity contribution in [2.45, 2.75) is 50.0 Å². The molecule has 1 fully saturated rings. The lowest BCUT2D eigenvalue weighted by molar-refractivity contribution is -0.113. The number of nitrogens with one attached hydrogen (secondary N) is 1. The zero-order valence-electron chi connectivity index (χ0n) is 18.3. The number of benzene rings is 1. The number of hydrogen-bond acceptors (Lipinski definition) is 7. The molecule has 1 amide bonds. The number of thiophene rings is 1. The Kier molecular flexibility index (Phi) is 6.85. The molecule has 32 heavy (non-hydrogen) atoms. The Morgan fingerprint density at radius 2 is 1.91 bits per heavy atom. The predicted molar refractivity (Wildman–Crippen MR) is 130 cm³/mol. The van der Waals surface area contributed by atoms with Gasteiger partial charge in [-0.25, -0.2) is 18.4 Å². The van der Waals surface area contributed by atoms with Gasteiger partial charge in [-0.05, 0) is 56.9 Å². The van der Waals surface area contributed by atoms with Crippen LogP contribution in [0.25, 0.3) is 10.2 Å². The molecule has 3 aromatic rings.